The SMILES string of the molecule is Cc1ccc(S(=O)(=O)Nc2cccc(C(=O)C[C@]3(O)C(=O)Nc4cc(Br)ccc43)c2)cc1. The number of nitrogens with one attached hydrogen (secondary N) is 2. The summed E-state index contributed by atoms with van der Waals surface area (Å²) < 4.78 is 28.5. The molecule has 1 aliphatic heterocycles. The maximum absolute atomic E-state index is 12.9. The van der Waals surface area contributed by atoms with E-state index in [0.717, 1.165) is 10.0 Å². The minimum atomic E-state index is -3.84. The van der Waals surface area contributed by atoms with Gasteiger partial charge in [-0.25, -0.2) is 8.42 Å². The van der Waals surface area contributed by atoms with Gasteiger partial charge in [0.25, 0.3) is 15.9 Å². The first-order valence-corrected chi connectivity index (χ1v) is 11.9. The van der Waals surface area contributed by atoms with Gasteiger partial charge in [-0.1, -0.05) is 51.8 Å². The molecular formula is C23H19BrN2O5S. The molecule has 0 aliphatic carbocycles. The van der Waals surface area contributed by atoms with Crippen LogP contribution in [0.25, 0.3) is 0 Å². The van der Waals surface area contributed by atoms with E-state index in [9.17, 15) is 23.1 Å². The van der Waals surface area contributed by atoms with E-state index >= 15 is 0 Å². The van der Waals surface area contributed by atoms with Crippen LogP contribution in [-0.2, 0) is 20.4 Å². The predicted octanol–water partition coefficient (Wildman–Crippen LogP) is 3.97. The molecule has 4 rings (SSSR count). The summed E-state index contributed by atoms with van der Waals surface area (Å²) in [5, 5.41) is 13.6. The third-order valence-corrected chi connectivity index (χ3v) is 7.13. The molecule has 3 aromatic rings. The summed E-state index contributed by atoms with van der Waals surface area (Å²) >= 11 is 3.31. The smallest absolute Gasteiger partial charge is 0.261 e. The van der Waals surface area contributed by atoms with Crippen molar-refractivity contribution in [1.82, 2.24) is 0 Å². The molecule has 0 radical (unpaired) electrons. The van der Waals surface area contributed by atoms with E-state index in [0.29, 0.717) is 11.3 Å². The maximum Gasteiger partial charge on any atom is 0.261 e. The molecule has 0 spiro atoms. The molecule has 1 heterocycles. The van der Waals surface area contributed by atoms with E-state index in [4.69, 9.17) is 0 Å². The van der Waals surface area contributed by atoms with E-state index in [-0.39, 0.29) is 16.1 Å². The van der Waals surface area contributed by atoms with Gasteiger partial charge < -0.3 is 10.4 Å². The number of carbonyl (C=O) groups is 2. The van der Waals surface area contributed by atoms with Crippen LogP contribution in [0.3, 0.4) is 0 Å². The third-order valence-electron chi connectivity index (χ3n) is 5.24. The van der Waals surface area contributed by atoms with Gasteiger partial charge >= 0.3 is 0 Å². The van der Waals surface area contributed by atoms with Crippen molar-refractivity contribution in [2.45, 2.75) is 23.8 Å². The lowest BCUT2D eigenvalue weighted by molar-refractivity contribution is -0.133. The number of ketones is 1. The van der Waals surface area contributed by atoms with Crippen LogP contribution in [0.2, 0.25) is 0 Å². The quantitative estimate of drug-likeness (QED) is 0.430. The van der Waals surface area contributed by atoms with Crippen LogP contribution in [-0.4, -0.2) is 25.2 Å². The molecule has 1 aliphatic rings. The fourth-order valence-corrected chi connectivity index (χ4v) is 4.94. The number of amides is 1. The van der Waals surface area contributed by atoms with Gasteiger partial charge in [0.05, 0.1) is 11.3 Å². The summed E-state index contributed by atoms with van der Waals surface area (Å²) in [6.45, 7) is 1.86. The number of carbonyl (C=O) groups excluding carboxylic acids is 2. The van der Waals surface area contributed by atoms with Crippen molar-refractivity contribution in [2.75, 3.05) is 10.0 Å². The van der Waals surface area contributed by atoms with Gasteiger partial charge in [-0.05, 0) is 43.3 Å². The summed E-state index contributed by atoms with van der Waals surface area (Å²) in [6, 6.07) is 17.2. The second kappa shape index (κ2) is 8.16. The number of aliphatic hydroxyl groups is 1. The Hall–Kier alpha value is -3.01. The Bertz CT molecular complexity index is 1340. The second-order valence-corrected chi connectivity index (χ2v) is 10.2. The standard InChI is InChI=1S/C23H19BrN2O5S/c1-14-5-8-18(9-6-14)32(30,31)26-17-4-2-3-15(11-17)21(27)13-23(29)19-10-7-16(24)12-20(19)25-22(23)28/h2-12,26,29H,13H2,1H3,(H,25,28)/t23-/m1/s1. The van der Waals surface area contributed by atoms with E-state index in [1.165, 1.54) is 36.4 Å². The Morgan fingerprint density at radius 2 is 1.81 bits per heavy atom. The summed E-state index contributed by atoms with van der Waals surface area (Å²) in [4.78, 5) is 25.5. The Kier molecular flexibility index (Phi) is 5.66. The first-order chi connectivity index (χ1) is 15.1. The number of aryl methyl sites for hydroxylation is 1. The number of hydrogen-bond acceptors (Lipinski definition) is 5. The van der Waals surface area contributed by atoms with Crippen molar-refractivity contribution in [1.29, 1.82) is 0 Å². The van der Waals surface area contributed by atoms with Crippen molar-refractivity contribution >= 4 is 49.0 Å². The number of hydrogen-bond donors (Lipinski definition) is 3. The zero-order chi connectivity index (χ0) is 23.1. The average molecular weight is 515 g/mol. The van der Waals surface area contributed by atoms with Crippen molar-refractivity contribution < 1.29 is 23.1 Å². The van der Waals surface area contributed by atoms with Gasteiger partial charge in [-0.15, -0.1) is 0 Å². The van der Waals surface area contributed by atoms with Crippen molar-refractivity contribution in [3.8, 4) is 0 Å². The number of halogens is 1. The lowest BCUT2D eigenvalue weighted by Crippen LogP contribution is -2.36. The molecule has 1 atom stereocenters. The summed E-state index contributed by atoms with van der Waals surface area (Å²) in [7, 11) is -3.84. The molecular weight excluding hydrogens is 496 g/mol. The largest absolute Gasteiger partial charge is 0.375 e. The topological polar surface area (TPSA) is 113 Å². The highest BCUT2D eigenvalue weighted by atomic mass is 79.9. The first kappa shape index (κ1) is 22.2. The second-order valence-electron chi connectivity index (χ2n) is 7.60. The number of Topliss-reactive ketones (excluding diaryl/α,β-unsaturated/α-hetero) is 1. The third kappa shape index (κ3) is 4.19. The van der Waals surface area contributed by atoms with Gasteiger partial charge in [0.1, 0.15) is 0 Å². The molecule has 164 valence electrons. The Morgan fingerprint density at radius 1 is 1.09 bits per heavy atom. The van der Waals surface area contributed by atoms with E-state index in [2.05, 4.69) is 26.0 Å². The molecule has 0 saturated carbocycles. The average Bonchev–Trinajstić information content (AvgIpc) is 2.97. The van der Waals surface area contributed by atoms with Gasteiger partial charge in [-0.2, -0.15) is 0 Å². The highest BCUT2D eigenvalue weighted by Gasteiger charge is 2.46. The van der Waals surface area contributed by atoms with Crippen LogP contribution in [0, 0.1) is 6.92 Å². The maximum atomic E-state index is 12.9. The van der Waals surface area contributed by atoms with Gasteiger partial charge in [0.2, 0.25) is 0 Å². The Morgan fingerprint density at radius 3 is 2.53 bits per heavy atom. The lowest BCUT2D eigenvalue weighted by Gasteiger charge is -2.20. The molecule has 0 bridgehead atoms. The van der Waals surface area contributed by atoms with Gasteiger partial charge in [0.15, 0.2) is 11.4 Å². The summed E-state index contributed by atoms with van der Waals surface area (Å²) in [5.41, 5.74) is 0.0308. The lowest BCUT2D eigenvalue weighted by atomic mass is 9.88. The molecule has 0 fully saturated rings. The fraction of sp³-hybridized carbons (Fsp3) is 0.130. The van der Waals surface area contributed by atoms with E-state index in [1.807, 2.05) is 6.92 Å². The highest BCUT2D eigenvalue weighted by molar-refractivity contribution is 9.10. The van der Waals surface area contributed by atoms with Crippen LogP contribution in [0.15, 0.2) is 76.1 Å². The molecule has 3 N–H and O–H groups in total. The molecule has 9 heteroatoms. The zero-order valence-corrected chi connectivity index (χ0v) is 19.3. The first-order valence-electron chi connectivity index (χ1n) is 9.65. The van der Waals surface area contributed by atoms with Crippen LogP contribution in [0.5, 0.6) is 0 Å². The molecule has 1 amide bonds. The molecule has 0 aromatic heterocycles. The van der Waals surface area contributed by atoms with Crippen molar-refractivity contribution in [2.24, 2.45) is 0 Å². The fourth-order valence-electron chi connectivity index (χ4n) is 3.53. The van der Waals surface area contributed by atoms with E-state index < -0.39 is 33.7 Å². The van der Waals surface area contributed by atoms with Crippen LogP contribution < -0.4 is 10.0 Å². The minimum absolute atomic E-state index is 0.0968. The number of sulfonamides is 1. The highest BCUT2D eigenvalue weighted by Crippen LogP contribution is 2.40. The number of fused-ring (bicyclic) bond motifs is 1. The molecule has 0 unspecified atom stereocenters. The number of rotatable bonds is 6. The van der Waals surface area contributed by atoms with Crippen LogP contribution in [0.1, 0.15) is 27.9 Å². The molecule has 3 aromatic carbocycles. The molecule has 0 saturated heterocycles. The van der Waals surface area contributed by atoms with Crippen LogP contribution in [0.4, 0.5) is 11.4 Å². The monoisotopic (exact) mass is 514 g/mol. The Labute approximate surface area is 193 Å². The Balaban J connectivity index is 1.57. The molecule has 32 heavy (non-hydrogen) atoms. The summed E-state index contributed by atoms with van der Waals surface area (Å²) in [6.07, 6.45) is -0.484. The number of benzene rings is 3. The van der Waals surface area contributed by atoms with Crippen molar-refractivity contribution in [3.05, 3.63) is 87.9 Å². The van der Waals surface area contributed by atoms with Gasteiger partial charge in [-0.3, -0.25) is 14.3 Å². The minimum Gasteiger partial charge on any atom is -0.375 e. The normalized spacial score (nSPS) is 17.5. The van der Waals surface area contributed by atoms with Crippen LogP contribution >= 0.6 is 15.9 Å². The van der Waals surface area contributed by atoms with Gasteiger partial charge in [0, 0.05) is 27.0 Å². The van der Waals surface area contributed by atoms with Crippen molar-refractivity contribution in [3.63, 3.8) is 0 Å². The predicted molar refractivity (Wildman–Crippen MR) is 124 cm³/mol. The zero-order valence-electron chi connectivity index (χ0n) is 16.9. The number of anilines is 2. The summed E-state index contributed by atoms with van der Waals surface area (Å²) in [5.74, 6) is -1.19. The molecule has 7 nitrogen and oxygen atoms in total. The van der Waals surface area contributed by atoms with E-state index in [1.54, 1.807) is 30.3 Å².